The molecular formula is C26H22N2O2. The summed E-state index contributed by atoms with van der Waals surface area (Å²) in [6, 6.07) is 27.4. The van der Waals surface area contributed by atoms with Crippen LogP contribution in [0.5, 0.6) is 5.75 Å². The van der Waals surface area contributed by atoms with Crippen LogP contribution < -0.4 is 4.74 Å². The molecule has 1 heterocycles. The van der Waals surface area contributed by atoms with E-state index in [-0.39, 0.29) is 5.91 Å². The van der Waals surface area contributed by atoms with Gasteiger partial charge in [0.05, 0.1) is 0 Å². The van der Waals surface area contributed by atoms with Crippen LogP contribution in [-0.4, -0.2) is 23.2 Å². The summed E-state index contributed by atoms with van der Waals surface area (Å²) in [5.41, 5.74) is 3.32. The van der Waals surface area contributed by atoms with Gasteiger partial charge < -0.3 is 4.74 Å². The van der Waals surface area contributed by atoms with Crippen molar-refractivity contribution in [3.8, 4) is 5.75 Å². The predicted molar refractivity (Wildman–Crippen MR) is 120 cm³/mol. The van der Waals surface area contributed by atoms with Gasteiger partial charge in [-0.15, -0.1) is 6.58 Å². The highest BCUT2D eigenvalue weighted by molar-refractivity contribution is 6.19. The van der Waals surface area contributed by atoms with E-state index in [4.69, 9.17) is 4.74 Å². The first-order valence-corrected chi connectivity index (χ1v) is 9.80. The van der Waals surface area contributed by atoms with E-state index in [9.17, 15) is 4.79 Å². The van der Waals surface area contributed by atoms with Gasteiger partial charge in [0, 0.05) is 12.1 Å². The minimum absolute atomic E-state index is 0.127. The molecule has 3 aromatic rings. The van der Waals surface area contributed by atoms with Crippen molar-refractivity contribution < 1.29 is 9.53 Å². The van der Waals surface area contributed by atoms with Crippen LogP contribution in [0.4, 0.5) is 0 Å². The van der Waals surface area contributed by atoms with Crippen molar-refractivity contribution >= 4 is 17.8 Å². The molecule has 0 aliphatic carbocycles. The third-order valence-corrected chi connectivity index (χ3v) is 4.72. The second-order valence-corrected chi connectivity index (χ2v) is 6.88. The summed E-state index contributed by atoms with van der Waals surface area (Å²) in [4.78, 5) is 19.1. The highest BCUT2D eigenvalue weighted by Gasteiger charge is 2.29. The van der Waals surface area contributed by atoms with Crippen LogP contribution in [0, 0.1) is 0 Å². The highest BCUT2D eigenvalue weighted by atomic mass is 16.5. The Morgan fingerprint density at radius 2 is 1.57 bits per heavy atom. The molecule has 30 heavy (non-hydrogen) atoms. The SMILES string of the molecule is C=CCN1C(=O)/C(=C/c2ccc(OCc3ccccc3)cc2)N=C1c1ccccc1. The van der Waals surface area contributed by atoms with Crippen LogP contribution in [-0.2, 0) is 11.4 Å². The van der Waals surface area contributed by atoms with Gasteiger partial charge in [-0.1, -0.05) is 78.9 Å². The van der Waals surface area contributed by atoms with Gasteiger partial charge in [0.15, 0.2) is 0 Å². The van der Waals surface area contributed by atoms with Gasteiger partial charge in [-0.25, -0.2) is 4.99 Å². The fourth-order valence-electron chi connectivity index (χ4n) is 3.22. The van der Waals surface area contributed by atoms with Crippen LogP contribution in [0.15, 0.2) is 108 Å². The van der Waals surface area contributed by atoms with Gasteiger partial charge in [-0.2, -0.15) is 0 Å². The lowest BCUT2D eigenvalue weighted by Gasteiger charge is -2.15. The molecule has 0 unspecified atom stereocenters. The Bertz CT molecular complexity index is 1080. The highest BCUT2D eigenvalue weighted by Crippen LogP contribution is 2.23. The second-order valence-electron chi connectivity index (χ2n) is 6.88. The molecule has 0 atom stereocenters. The maximum atomic E-state index is 12.9. The molecule has 0 radical (unpaired) electrons. The lowest BCUT2D eigenvalue weighted by atomic mass is 10.2. The molecule has 3 aromatic carbocycles. The molecule has 0 saturated carbocycles. The van der Waals surface area contributed by atoms with E-state index in [0.717, 1.165) is 22.4 Å². The van der Waals surface area contributed by atoms with Gasteiger partial charge in [0.2, 0.25) is 0 Å². The van der Waals surface area contributed by atoms with Crippen molar-refractivity contribution in [2.24, 2.45) is 4.99 Å². The first-order valence-electron chi connectivity index (χ1n) is 9.80. The van der Waals surface area contributed by atoms with Gasteiger partial charge >= 0.3 is 0 Å². The molecule has 148 valence electrons. The Morgan fingerprint density at radius 1 is 0.900 bits per heavy atom. The number of benzene rings is 3. The summed E-state index contributed by atoms with van der Waals surface area (Å²) in [6.45, 7) is 4.69. The minimum Gasteiger partial charge on any atom is -0.489 e. The average molecular weight is 394 g/mol. The van der Waals surface area contributed by atoms with Gasteiger partial charge in [-0.05, 0) is 29.3 Å². The minimum atomic E-state index is -0.127. The van der Waals surface area contributed by atoms with E-state index in [0.29, 0.717) is 24.7 Å². The van der Waals surface area contributed by atoms with Gasteiger partial charge in [-0.3, -0.25) is 9.69 Å². The third-order valence-electron chi connectivity index (χ3n) is 4.72. The smallest absolute Gasteiger partial charge is 0.278 e. The lowest BCUT2D eigenvalue weighted by Crippen LogP contribution is -2.32. The molecule has 0 N–H and O–H groups in total. The normalized spacial score (nSPS) is 14.7. The summed E-state index contributed by atoms with van der Waals surface area (Å²) in [5.74, 6) is 1.30. The molecule has 0 bridgehead atoms. The fourth-order valence-corrected chi connectivity index (χ4v) is 3.22. The van der Waals surface area contributed by atoms with Crippen LogP contribution in [0.25, 0.3) is 6.08 Å². The van der Waals surface area contributed by atoms with Gasteiger partial charge in [0.1, 0.15) is 23.9 Å². The molecule has 0 aromatic heterocycles. The fraction of sp³-hybridized carbons (Fsp3) is 0.0769. The Hall–Kier alpha value is -3.92. The van der Waals surface area contributed by atoms with Crippen LogP contribution in [0.2, 0.25) is 0 Å². The molecule has 4 rings (SSSR count). The first kappa shape index (κ1) is 19.4. The summed E-state index contributed by atoms with van der Waals surface area (Å²) in [6.07, 6.45) is 3.51. The number of hydrogen-bond donors (Lipinski definition) is 0. The largest absolute Gasteiger partial charge is 0.489 e. The molecule has 1 amide bonds. The average Bonchev–Trinajstić information content (AvgIpc) is 3.10. The molecule has 0 saturated heterocycles. The van der Waals surface area contributed by atoms with E-state index >= 15 is 0 Å². The van der Waals surface area contributed by atoms with Gasteiger partial charge in [0.25, 0.3) is 5.91 Å². The van der Waals surface area contributed by atoms with Crippen LogP contribution >= 0.6 is 0 Å². The number of carbonyl (C=O) groups is 1. The monoisotopic (exact) mass is 394 g/mol. The number of amides is 1. The van der Waals surface area contributed by atoms with Crippen molar-refractivity contribution in [2.75, 3.05) is 6.54 Å². The van der Waals surface area contributed by atoms with Crippen molar-refractivity contribution in [3.05, 3.63) is 120 Å². The Morgan fingerprint density at radius 3 is 2.23 bits per heavy atom. The van der Waals surface area contributed by atoms with E-state index < -0.39 is 0 Å². The van der Waals surface area contributed by atoms with Crippen molar-refractivity contribution in [3.63, 3.8) is 0 Å². The first-order chi connectivity index (χ1) is 14.7. The number of hydrogen-bond acceptors (Lipinski definition) is 3. The predicted octanol–water partition coefficient (Wildman–Crippen LogP) is 5.08. The Balaban J connectivity index is 1.52. The summed E-state index contributed by atoms with van der Waals surface area (Å²) < 4.78 is 5.83. The third kappa shape index (κ3) is 4.39. The van der Waals surface area contributed by atoms with Crippen LogP contribution in [0.1, 0.15) is 16.7 Å². The standard InChI is InChI=1S/C26H22N2O2/c1-2-17-28-25(22-11-7-4-8-12-22)27-24(26(28)29)18-20-13-15-23(16-14-20)30-19-21-9-5-3-6-10-21/h2-16,18H,1,17,19H2/b24-18-. The number of rotatable bonds is 7. The maximum absolute atomic E-state index is 12.9. The number of ether oxygens (including phenoxy) is 1. The number of carbonyl (C=O) groups excluding carboxylic acids is 1. The Labute approximate surface area is 176 Å². The zero-order chi connectivity index (χ0) is 20.8. The molecule has 1 aliphatic heterocycles. The zero-order valence-corrected chi connectivity index (χ0v) is 16.6. The second kappa shape index (κ2) is 9.05. The summed E-state index contributed by atoms with van der Waals surface area (Å²) in [5, 5.41) is 0. The van der Waals surface area contributed by atoms with E-state index in [2.05, 4.69) is 11.6 Å². The number of aliphatic imine (C=N–C) groups is 1. The molecule has 0 fully saturated rings. The summed E-state index contributed by atoms with van der Waals surface area (Å²) >= 11 is 0. The zero-order valence-electron chi connectivity index (χ0n) is 16.6. The van der Waals surface area contributed by atoms with E-state index in [1.807, 2.05) is 84.9 Å². The number of nitrogens with zero attached hydrogens (tertiary/aromatic N) is 2. The van der Waals surface area contributed by atoms with Crippen LogP contribution in [0.3, 0.4) is 0 Å². The quantitative estimate of drug-likeness (QED) is 0.414. The summed E-state index contributed by atoms with van der Waals surface area (Å²) in [7, 11) is 0. The van der Waals surface area contributed by atoms with Crippen molar-refractivity contribution in [1.82, 2.24) is 4.90 Å². The van der Waals surface area contributed by atoms with Crippen molar-refractivity contribution in [2.45, 2.75) is 6.61 Å². The van der Waals surface area contributed by atoms with Crippen molar-refractivity contribution in [1.29, 1.82) is 0 Å². The molecule has 4 heteroatoms. The molecule has 1 aliphatic rings. The molecular weight excluding hydrogens is 372 g/mol. The number of amidine groups is 1. The maximum Gasteiger partial charge on any atom is 0.278 e. The lowest BCUT2D eigenvalue weighted by molar-refractivity contribution is -0.122. The molecule has 0 spiro atoms. The van der Waals surface area contributed by atoms with E-state index in [1.165, 1.54) is 0 Å². The Kier molecular flexibility index (Phi) is 5.85. The topological polar surface area (TPSA) is 41.9 Å². The van der Waals surface area contributed by atoms with E-state index in [1.54, 1.807) is 17.1 Å². The molecule has 4 nitrogen and oxygen atoms in total.